The monoisotopic (exact) mass is 425 g/mol. The van der Waals surface area contributed by atoms with Crippen molar-refractivity contribution >= 4 is 34.8 Å². The second-order valence-electron chi connectivity index (χ2n) is 6.80. The zero-order valence-corrected chi connectivity index (χ0v) is 15.5. The molecular weight excluding hydrogens is 412 g/mol. The summed E-state index contributed by atoms with van der Waals surface area (Å²) in [6.07, 6.45) is -3.64. The fraction of sp³-hybridized carbons (Fsp3) is 0.353. The number of ether oxygens (including phenoxy) is 1. The van der Waals surface area contributed by atoms with Crippen LogP contribution >= 0.6 is 11.6 Å². The van der Waals surface area contributed by atoms with Gasteiger partial charge in [0.1, 0.15) is 11.6 Å². The summed E-state index contributed by atoms with van der Waals surface area (Å²) in [6, 6.07) is 6.31. The van der Waals surface area contributed by atoms with Crippen LogP contribution in [0.1, 0.15) is 16.8 Å². The van der Waals surface area contributed by atoms with Crippen LogP contribution in [0.2, 0.25) is 5.15 Å². The Morgan fingerprint density at radius 2 is 2.10 bits per heavy atom. The number of non-ortho nitro benzene ring substituents is 1. The molecule has 0 aliphatic carbocycles. The number of carbonyl (C=O) groups is 1. The number of carbonyl (C=O) groups excluding carboxylic acids is 1. The lowest BCUT2D eigenvalue weighted by atomic mass is 9.93. The first-order valence-corrected chi connectivity index (χ1v) is 8.96. The SMILES string of the molecule is O=C(O[C@@H]1CN2c3cc(Cl)nnc3NC[C@@]2(C(F)F)C1)c1ccc([N+](=O)[O-])cc1. The van der Waals surface area contributed by atoms with E-state index in [0.29, 0.717) is 11.5 Å². The van der Waals surface area contributed by atoms with E-state index < -0.39 is 29.0 Å². The van der Waals surface area contributed by atoms with Gasteiger partial charge in [-0.2, -0.15) is 0 Å². The quantitative estimate of drug-likeness (QED) is 0.452. The van der Waals surface area contributed by atoms with E-state index in [9.17, 15) is 23.7 Å². The molecular formula is C17H14ClF2N5O4. The fourth-order valence-electron chi connectivity index (χ4n) is 3.69. The molecule has 152 valence electrons. The van der Waals surface area contributed by atoms with Gasteiger partial charge in [-0.3, -0.25) is 10.1 Å². The third kappa shape index (κ3) is 3.31. The highest BCUT2D eigenvalue weighted by Crippen LogP contribution is 2.45. The maximum Gasteiger partial charge on any atom is 0.338 e. The number of halogens is 3. The highest BCUT2D eigenvalue weighted by molar-refractivity contribution is 6.29. The number of nitrogens with one attached hydrogen (secondary N) is 1. The molecule has 0 amide bonds. The van der Waals surface area contributed by atoms with Crippen molar-refractivity contribution in [3.63, 3.8) is 0 Å². The molecule has 1 aromatic carbocycles. The standard InChI is InChI=1S/C17H14ClF2N5O4/c18-13-5-12-14(23-22-13)21-8-17(16(19)20)6-11(7-24(12)17)29-15(26)9-1-3-10(4-2-9)25(27)28/h1-5,11,16H,6-8H2,(H,21,23)/t11-,17+/m0/s1. The third-order valence-electron chi connectivity index (χ3n) is 5.10. The highest BCUT2D eigenvalue weighted by atomic mass is 35.5. The Hall–Kier alpha value is -3.08. The molecule has 2 aromatic rings. The third-order valence-corrected chi connectivity index (χ3v) is 5.28. The molecule has 29 heavy (non-hydrogen) atoms. The fourth-order valence-corrected chi connectivity index (χ4v) is 3.83. The minimum atomic E-state index is -2.72. The van der Waals surface area contributed by atoms with E-state index in [1.54, 1.807) is 0 Å². The summed E-state index contributed by atoms with van der Waals surface area (Å²) < 4.78 is 33.5. The first-order chi connectivity index (χ1) is 13.8. The summed E-state index contributed by atoms with van der Waals surface area (Å²) in [7, 11) is 0. The van der Waals surface area contributed by atoms with Gasteiger partial charge in [0.25, 0.3) is 12.1 Å². The average molecular weight is 426 g/mol. The van der Waals surface area contributed by atoms with Crippen molar-refractivity contribution in [1.29, 1.82) is 0 Å². The van der Waals surface area contributed by atoms with Crippen molar-refractivity contribution in [2.45, 2.75) is 24.5 Å². The zero-order chi connectivity index (χ0) is 20.8. The average Bonchev–Trinajstić information content (AvgIpc) is 3.08. The van der Waals surface area contributed by atoms with Gasteiger partial charge in [-0.25, -0.2) is 13.6 Å². The van der Waals surface area contributed by atoms with Crippen molar-refractivity contribution in [3.05, 3.63) is 51.2 Å². The Morgan fingerprint density at radius 3 is 2.76 bits per heavy atom. The van der Waals surface area contributed by atoms with Crippen LogP contribution in [-0.2, 0) is 4.74 Å². The van der Waals surface area contributed by atoms with Gasteiger partial charge in [-0.1, -0.05) is 11.6 Å². The van der Waals surface area contributed by atoms with Gasteiger partial charge >= 0.3 is 5.97 Å². The molecule has 4 rings (SSSR count). The lowest BCUT2D eigenvalue weighted by Gasteiger charge is -2.43. The highest BCUT2D eigenvalue weighted by Gasteiger charge is 2.56. The number of nitrogens with zero attached hydrogens (tertiary/aromatic N) is 4. The molecule has 9 nitrogen and oxygen atoms in total. The molecule has 1 N–H and O–H groups in total. The Morgan fingerprint density at radius 1 is 1.38 bits per heavy atom. The van der Waals surface area contributed by atoms with Gasteiger partial charge in [-0.15, -0.1) is 10.2 Å². The Labute approximate surface area is 167 Å². The number of hydrogen-bond donors (Lipinski definition) is 1. The number of fused-ring (bicyclic) bond motifs is 3. The van der Waals surface area contributed by atoms with Crippen LogP contribution in [-0.4, -0.2) is 52.2 Å². The van der Waals surface area contributed by atoms with E-state index in [-0.39, 0.29) is 35.9 Å². The molecule has 0 saturated carbocycles. The number of aromatic nitrogens is 2. The van der Waals surface area contributed by atoms with E-state index in [1.807, 2.05) is 0 Å². The number of benzene rings is 1. The van der Waals surface area contributed by atoms with Crippen LogP contribution in [0.4, 0.5) is 26.0 Å². The minimum Gasteiger partial charge on any atom is -0.457 e. The predicted octanol–water partition coefficient (Wildman–Crippen LogP) is 2.90. The number of nitro groups is 1. The van der Waals surface area contributed by atoms with Crippen LogP contribution < -0.4 is 10.2 Å². The summed E-state index contributed by atoms with van der Waals surface area (Å²) in [4.78, 5) is 24.0. The molecule has 1 saturated heterocycles. The van der Waals surface area contributed by atoms with Gasteiger partial charge in [0.15, 0.2) is 11.0 Å². The van der Waals surface area contributed by atoms with Crippen LogP contribution in [0.5, 0.6) is 0 Å². The van der Waals surface area contributed by atoms with Gasteiger partial charge in [-0.05, 0) is 12.1 Å². The molecule has 2 atom stereocenters. The number of nitro benzene ring substituents is 1. The Kier molecular flexibility index (Phi) is 4.69. The molecule has 1 aromatic heterocycles. The van der Waals surface area contributed by atoms with E-state index >= 15 is 0 Å². The normalized spacial score (nSPS) is 22.6. The van der Waals surface area contributed by atoms with E-state index in [4.69, 9.17) is 16.3 Å². The van der Waals surface area contributed by atoms with Crippen molar-refractivity contribution in [1.82, 2.24) is 10.2 Å². The molecule has 2 aliphatic rings. The van der Waals surface area contributed by atoms with Crippen LogP contribution in [0, 0.1) is 10.1 Å². The van der Waals surface area contributed by atoms with Crippen molar-refractivity contribution in [2.75, 3.05) is 23.3 Å². The number of alkyl halides is 2. The van der Waals surface area contributed by atoms with Crippen LogP contribution in [0.25, 0.3) is 0 Å². The van der Waals surface area contributed by atoms with Crippen molar-refractivity contribution < 1.29 is 23.2 Å². The number of anilines is 2. The van der Waals surface area contributed by atoms with E-state index in [2.05, 4.69) is 15.5 Å². The van der Waals surface area contributed by atoms with Crippen LogP contribution in [0.15, 0.2) is 30.3 Å². The molecule has 0 unspecified atom stereocenters. The second kappa shape index (κ2) is 7.07. The van der Waals surface area contributed by atoms with Crippen molar-refractivity contribution in [2.24, 2.45) is 0 Å². The topological polar surface area (TPSA) is 110 Å². The van der Waals surface area contributed by atoms with E-state index in [1.165, 1.54) is 35.2 Å². The van der Waals surface area contributed by atoms with E-state index in [0.717, 1.165) is 0 Å². The molecule has 1 fully saturated rings. The first-order valence-electron chi connectivity index (χ1n) is 8.58. The number of hydrogen-bond acceptors (Lipinski definition) is 8. The molecule has 0 bridgehead atoms. The predicted molar refractivity (Wildman–Crippen MR) is 98.5 cm³/mol. The summed E-state index contributed by atoms with van der Waals surface area (Å²) >= 11 is 5.88. The summed E-state index contributed by atoms with van der Waals surface area (Å²) in [5.41, 5.74) is -1.29. The van der Waals surface area contributed by atoms with Gasteiger partial charge in [0.2, 0.25) is 0 Å². The second-order valence-corrected chi connectivity index (χ2v) is 7.19. The first kappa shape index (κ1) is 19.2. The maximum absolute atomic E-state index is 14.1. The zero-order valence-electron chi connectivity index (χ0n) is 14.7. The van der Waals surface area contributed by atoms with Gasteiger partial charge < -0.3 is 15.0 Å². The lowest BCUT2D eigenvalue weighted by molar-refractivity contribution is -0.384. The number of esters is 1. The summed E-state index contributed by atoms with van der Waals surface area (Å²) in [5, 5.41) is 21.2. The largest absolute Gasteiger partial charge is 0.457 e. The smallest absolute Gasteiger partial charge is 0.338 e. The number of rotatable bonds is 4. The summed E-state index contributed by atoms with van der Waals surface area (Å²) in [5.74, 6) is -0.416. The van der Waals surface area contributed by atoms with Crippen molar-refractivity contribution in [3.8, 4) is 0 Å². The van der Waals surface area contributed by atoms with Gasteiger partial charge in [0, 0.05) is 31.2 Å². The Balaban J connectivity index is 1.56. The lowest BCUT2D eigenvalue weighted by Crippen LogP contribution is -2.57. The summed E-state index contributed by atoms with van der Waals surface area (Å²) in [6.45, 7) is -0.0701. The molecule has 3 heterocycles. The van der Waals surface area contributed by atoms with Crippen LogP contribution in [0.3, 0.4) is 0 Å². The minimum absolute atomic E-state index is 0.0275. The molecule has 12 heteroatoms. The molecule has 0 spiro atoms. The molecule has 2 aliphatic heterocycles. The maximum atomic E-state index is 14.1. The van der Waals surface area contributed by atoms with Gasteiger partial charge in [0.05, 0.1) is 22.7 Å². The molecule has 0 radical (unpaired) electrons. The Bertz CT molecular complexity index is 977.